The van der Waals surface area contributed by atoms with Crippen LogP contribution in [0.1, 0.15) is 21.5 Å². The average Bonchev–Trinajstić information content (AvgIpc) is 2.44. The van der Waals surface area contributed by atoms with E-state index in [0.29, 0.717) is 10.6 Å². The van der Waals surface area contributed by atoms with E-state index in [-0.39, 0.29) is 5.78 Å². The first-order valence-electron chi connectivity index (χ1n) is 6.37. The maximum absolute atomic E-state index is 11.9. The number of nitrogens with one attached hydrogen (secondary N) is 1. The molecule has 0 fully saturated rings. The van der Waals surface area contributed by atoms with Gasteiger partial charge < -0.3 is 5.32 Å². The molecule has 3 heteroatoms. The molecular formula is C17H16ClNO. The highest BCUT2D eigenvalue weighted by Gasteiger charge is 2.02. The van der Waals surface area contributed by atoms with Crippen LogP contribution < -0.4 is 5.32 Å². The van der Waals surface area contributed by atoms with Gasteiger partial charge in [-0.25, -0.2) is 0 Å². The third-order valence-electron chi connectivity index (χ3n) is 3.08. The molecule has 1 N–H and O–H groups in total. The minimum absolute atomic E-state index is 0.0304. The number of halogens is 1. The number of hydrogen-bond donors (Lipinski definition) is 1. The topological polar surface area (TPSA) is 29.1 Å². The molecule has 20 heavy (non-hydrogen) atoms. The Hall–Kier alpha value is -2.06. The van der Waals surface area contributed by atoms with Crippen LogP contribution in [-0.2, 0) is 0 Å². The quantitative estimate of drug-likeness (QED) is 0.648. The van der Waals surface area contributed by atoms with Gasteiger partial charge in [0.25, 0.3) is 0 Å². The number of ketones is 1. The Morgan fingerprint density at radius 1 is 1.10 bits per heavy atom. The lowest BCUT2D eigenvalue weighted by atomic mass is 10.1. The Balaban J connectivity index is 2.05. The second-order valence-corrected chi connectivity index (χ2v) is 5.03. The van der Waals surface area contributed by atoms with Crippen molar-refractivity contribution in [2.24, 2.45) is 0 Å². The molecule has 0 bridgehead atoms. The van der Waals surface area contributed by atoms with Gasteiger partial charge in [-0.15, -0.1) is 0 Å². The highest BCUT2D eigenvalue weighted by Crippen LogP contribution is 2.22. The number of carbonyl (C=O) groups excluding carboxylic acids is 1. The molecule has 2 nitrogen and oxygen atoms in total. The molecule has 0 aliphatic heterocycles. The van der Waals surface area contributed by atoms with Crippen LogP contribution in [0.5, 0.6) is 0 Å². The summed E-state index contributed by atoms with van der Waals surface area (Å²) < 4.78 is 0. The summed E-state index contributed by atoms with van der Waals surface area (Å²) >= 11 is 6.03. The smallest absolute Gasteiger partial charge is 0.187 e. The molecule has 0 atom stereocenters. The predicted octanol–water partition coefficient (Wildman–Crippen LogP) is 4.77. The summed E-state index contributed by atoms with van der Waals surface area (Å²) in [5.41, 5.74) is 3.67. The van der Waals surface area contributed by atoms with Crippen LogP contribution in [0, 0.1) is 13.8 Å². The van der Waals surface area contributed by atoms with Crippen LogP contribution >= 0.6 is 11.6 Å². The van der Waals surface area contributed by atoms with Crippen molar-refractivity contribution in [2.45, 2.75) is 13.8 Å². The van der Waals surface area contributed by atoms with E-state index in [1.807, 2.05) is 56.3 Å². The van der Waals surface area contributed by atoms with E-state index in [9.17, 15) is 4.79 Å². The van der Waals surface area contributed by atoms with E-state index in [4.69, 9.17) is 11.6 Å². The maximum atomic E-state index is 11.9. The van der Waals surface area contributed by atoms with Crippen molar-refractivity contribution in [1.82, 2.24) is 0 Å². The molecule has 0 saturated heterocycles. The summed E-state index contributed by atoms with van der Waals surface area (Å²) in [5, 5.41) is 3.78. The van der Waals surface area contributed by atoms with Gasteiger partial charge in [0.2, 0.25) is 0 Å². The summed E-state index contributed by atoms with van der Waals surface area (Å²) in [7, 11) is 0. The van der Waals surface area contributed by atoms with Crippen LogP contribution in [0.15, 0.2) is 54.7 Å². The van der Waals surface area contributed by atoms with E-state index in [0.717, 1.165) is 16.8 Å². The largest absolute Gasteiger partial charge is 0.361 e. The Morgan fingerprint density at radius 2 is 1.80 bits per heavy atom. The Morgan fingerprint density at radius 3 is 2.50 bits per heavy atom. The first-order valence-corrected chi connectivity index (χ1v) is 6.75. The minimum atomic E-state index is -0.0304. The van der Waals surface area contributed by atoms with Gasteiger partial charge in [0.1, 0.15) is 0 Å². The first kappa shape index (κ1) is 14.4. The van der Waals surface area contributed by atoms with Crippen LogP contribution in [0.25, 0.3) is 0 Å². The van der Waals surface area contributed by atoms with E-state index in [1.54, 1.807) is 6.20 Å². The summed E-state index contributed by atoms with van der Waals surface area (Å²) in [6.07, 6.45) is 3.16. The van der Waals surface area contributed by atoms with Crippen molar-refractivity contribution in [3.05, 3.63) is 76.5 Å². The van der Waals surface area contributed by atoms with Crippen molar-refractivity contribution < 1.29 is 4.79 Å². The molecule has 2 aromatic carbocycles. The fraction of sp³-hybridized carbons (Fsp3) is 0.118. The molecular weight excluding hydrogens is 270 g/mol. The molecule has 2 rings (SSSR count). The maximum Gasteiger partial charge on any atom is 0.187 e. The SMILES string of the molecule is Cc1ccc(C(=O)/C=C\Nc2cccc(Cl)c2C)cc1. The molecule has 102 valence electrons. The van der Waals surface area contributed by atoms with Crippen LogP contribution in [-0.4, -0.2) is 5.78 Å². The van der Waals surface area contributed by atoms with Gasteiger partial charge in [0, 0.05) is 28.5 Å². The number of aryl methyl sites for hydroxylation is 1. The zero-order chi connectivity index (χ0) is 14.5. The zero-order valence-electron chi connectivity index (χ0n) is 11.5. The fourth-order valence-corrected chi connectivity index (χ4v) is 1.96. The molecule has 2 aromatic rings. The Bertz CT molecular complexity index is 645. The lowest BCUT2D eigenvalue weighted by Gasteiger charge is -2.06. The van der Waals surface area contributed by atoms with Gasteiger partial charge in [-0.3, -0.25) is 4.79 Å². The highest BCUT2D eigenvalue weighted by atomic mass is 35.5. The Kier molecular flexibility index (Phi) is 4.59. The van der Waals surface area contributed by atoms with Gasteiger partial charge in [-0.2, -0.15) is 0 Å². The monoisotopic (exact) mass is 285 g/mol. The van der Waals surface area contributed by atoms with Gasteiger partial charge in [0.05, 0.1) is 0 Å². The lowest BCUT2D eigenvalue weighted by Crippen LogP contribution is -1.97. The van der Waals surface area contributed by atoms with Gasteiger partial charge in [-0.1, -0.05) is 47.5 Å². The van der Waals surface area contributed by atoms with E-state index < -0.39 is 0 Å². The molecule has 0 aromatic heterocycles. The summed E-state index contributed by atoms with van der Waals surface area (Å²) in [4.78, 5) is 11.9. The van der Waals surface area contributed by atoms with Crippen LogP contribution in [0.4, 0.5) is 5.69 Å². The first-order chi connectivity index (χ1) is 9.58. The number of allylic oxidation sites excluding steroid dienone is 1. The number of anilines is 1. The standard InChI is InChI=1S/C17H16ClNO/c1-12-6-8-14(9-7-12)17(20)10-11-19-16-5-3-4-15(18)13(16)2/h3-11,19H,1-2H3/b11-10-. The lowest BCUT2D eigenvalue weighted by molar-refractivity contribution is 0.104. The van der Waals surface area contributed by atoms with Gasteiger partial charge in [-0.05, 0) is 31.5 Å². The predicted molar refractivity (Wildman–Crippen MR) is 84.5 cm³/mol. The normalized spacial score (nSPS) is 10.8. The van der Waals surface area contributed by atoms with Crippen molar-refractivity contribution >= 4 is 23.1 Å². The van der Waals surface area contributed by atoms with E-state index >= 15 is 0 Å². The van der Waals surface area contributed by atoms with Crippen LogP contribution in [0.3, 0.4) is 0 Å². The number of rotatable bonds is 4. The van der Waals surface area contributed by atoms with Crippen molar-refractivity contribution in [3.8, 4) is 0 Å². The number of benzene rings is 2. The fourth-order valence-electron chi connectivity index (χ4n) is 1.79. The molecule has 0 heterocycles. The highest BCUT2D eigenvalue weighted by molar-refractivity contribution is 6.31. The molecule has 0 radical (unpaired) electrons. The number of carbonyl (C=O) groups is 1. The molecule has 0 spiro atoms. The molecule has 0 aliphatic carbocycles. The zero-order valence-corrected chi connectivity index (χ0v) is 12.2. The van der Waals surface area contributed by atoms with E-state index in [1.165, 1.54) is 6.08 Å². The molecule has 0 amide bonds. The second-order valence-electron chi connectivity index (χ2n) is 4.62. The average molecular weight is 286 g/mol. The van der Waals surface area contributed by atoms with E-state index in [2.05, 4.69) is 5.32 Å². The minimum Gasteiger partial charge on any atom is -0.361 e. The summed E-state index contributed by atoms with van der Waals surface area (Å²) in [6.45, 7) is 3.92. The van der Waals surface area contributed by atoms with Crippen LogP contribution in [0.2, 0.25) is 5.02 Å². The van der Waals surface area contributed by atoms with Gasteiger partial charge in [0.15, 0.2) is 5.78 Å². The molecule has 0 saturated carbocycles. The van der Waals surface area contributed by atoms with Crippen molar-refractivity contribution in [3.63, 3.8) is 0 Å². The van der Waals surface area contributed by atoms with Crippen molar-refractivity contribution in [2.75, 3.05) is 5.32 Å². The van der Waals surface area contributed by atoms with Gasteiger partial charge >= 0.3 is 0 Å². The van der Waals surface area contributed by atoms with Crippen molar-refractivity contribution in [1.29, 1.82) is 0 Å². The number of hydrogen-bond acceptors (Lipinski definition) is 2. The summed E-state index contributed by atoms with van der Waals surface area (Å²) in [5.74, 6) is -0.0304. The second kappa shape index (κ2) is 6.40. The third kappa shape index (κ3) is 3.49. The molecule has 0 unspecified atom stereocenters. The third-order valence-corrected chi connectivity index (χ3v) is 3.49. The Labute approximate surface area is 124 Å². The molecule has 0 aliphatic rings. The summed E-state index contributed by atoms with van der Waals surface area (Å²) in [6, 6.07) is 13.1.